The average molecular weight is 281 g/mol. The first-order valence-corrected chi connectivity index (χ1v) is 7.01. The molecule has 1 fully saturated rings. The van der Waals surface area contributed by atoms with Crippen molar-refractivity contribution in [1.82, 2.24) is 4.90 Å². The van der Waals surface area contributed by atoms with Crippen molar-refractivity contribution in [3.63, 3.8) is 0 Å². The summed E-state index contributed by atoms with van der Waals surface area (Å²) in [5, 5.41) is 0. The Kier molecular flexibility index (Phi) is 4.83. The number of rotatable bonds is 5. The van der Waals surface area contributed by atoms with E-state index < -0.39 is 0 Å². The average Bonchev–Trinajstić information content (AvgIpc) is 2.94. The molecule has 1 aromatic heterocycles. The van der Waals surface area contributed by atoms with Crippen LogP contribution in [0.15, 0.2) is 10.5 Å². The van der Waals surface area contributed by atoms with Gasteiger partial charge < -0.3 is 13.9 Å². The highest BCUT2D eigenvalue weighted by Crippen LogP contribution is 2.21. The lowest BCUT2D eigenvalue weighted by molar-refractivity contribution is 0.0341. The minimum atomic E-state index is -0.354. The van der Waals surface area contributed by atoms with Gasteiger partial charge in [0.15, 0.2) is 0 Å². The number of carbonyl (C=O) groups excluding carboxylic acids is 1. The minimum absolute atomic E-state index is 0.297. The maximum absolute atomic E-state index is 11.5. The van der Waals surface area contributed by atoms with Gasteiger partial charge in [0, 0.05) is 6.54 Å². The van der Waals surface area contributed by atoms with Gasteiger partial charge in [0.2, 0.25) is 0 Å². The molecule has 1 aliphatic rings. The molecule has 0 unspecified atom stereocenters. The molecule has 2 atom stereocenters. The molecular formula is C15H23NO4. The Morgan fingerprint density at radius 2 is 2.25 bits per heavy atom. The molecule has 2 heterocycles. The number of esters is 1. The Balaban J connectivity index is 1.91. The van der Waals surface area contributed by atoms with Crippen molar-refractivity contribution >= 4 is 5.97 Å². The molecule has 1 aliphatic heterocycles. The van der Waals surface area contributed by atoms with Crippen molar-refractivity contribution in [1.29, 1.82) is 0 Å². The van der Waals surface area contributed by atoms with Crippen LogP contribution in [0.25, 0.3) is 0 Å². The number of nitrogens with zero attached hydrogens (tertiary/aromatic N) is 1. The van der Waals surface area contributed by atoms with Crippen LogP contribution in [-0.4, -0.2) is 43.8 Å². The van der Waals surface area contributed by atoms with E-state index in [4.69, 9.17) is 13.9 Å². The van der Waals surface area contributed by atoms with Gasteiger partial charge in [-0.05, 0) is 39.8 Å². The molecule has 1 saturated heterocycles. The zero-order chi connectivity index (χ0) is 14.7. The monoisotopic (exact) mass is 281 g/mol. The maximum Gasteiger partial charge on any atom is 0.341 e. The van der Waals surface area contributed by atoms with Crippen molar-refractivity contribution in [3.05, 3.63) is 23.2 Å². The molecule has 0 N–H and O–H groups in total. The van der Waals surface area contributed by atoms with Crippen LogP contribution in [-0.2, 0) is 16.0 Å². The van der Waals surface area contributed by atoms with Crippen LogP contribution < -0.4 is 0 Å². The summed E-state index contributed by atoms with van der Waals surface area (Å²) in [6, 6.07) is 1.76. The van der Waals surface area contributed by atoms with Gasteiger partial charge in [-0.1, -0.05) is 0 Å². The Hall–Kier alpha value is -1.33. The van der Waals surface area contributed by atoms with Crippen molar-refractivity contribution in [2.24, 2.45) is 0 Å². The zero-order valence-corrected chi connectivity index (χ0v) is 12.6. The van der Waals surface area contributed by atoms with Crippen molar-refractivity contribution in [2.75, 3.05) is 20.7 Å². The third-order valence-corrected chi connectivity index (χ3v) is 3.64. The van der Waals surface area contributed by atoms with E-state index >= 15 is 0 Å². The van der Waals surface area contributed by atoms with E-state index in [0.29, 0.717) is 30.1 Å². The number of aryl methyl sites for hydroxylation is 1. The molecule has 0 aromatic carbocycles. The second-order valence-electron chi connectivity index (χ2n) is 5.52. The lowest BCUT2D eigenvalue weighted by Gasteiger charge is -2.19. The molecule has 5 heteroatoms. The largest absolute Gasteiger partial charge is 0.465 e. The summed E-state index contributed by atoms with van der Waals surface area (Å²) in [5.74, 6) is 1.02. The van der Waals surface area contributed by atoms with Gasteiger partial charge in [-0.2, -0.15) is 0 Å². The van der Waals surface area contributed by atoms with Crippen LogP contribution in [0.1, 0.15) is 41.6 Å². The van der Waals surface area contributed by atoms with Crippen LogP contribution in [0.5, 0.6) is 0 Å². The van der Waals surface area contributed by atoms with Gasteiger partial charge in [-0.25, -0.2) is 4.79 Å². The van der Waals surface area contributed by atoms with Gasteiger partial charge >= 0.3 is 5.97 Å². The summed E-state index contributed by atoms with van der Waals surface area (Å²) < 4.78 is 16.1. The highest BCUT2D eigenvalue weighted by atomic mass is 16.5. The second-order valence-corrected chi connectivity index (χ2v) is 5.52. The highest BCUT2D eigenvalue weighted by molar-refractivity contribution is 5.90. The van der Waals surface area contributed by atoms with Gasteiger partial charge in [0.05, 0.1) is 25.9 Å². The molecule has 2 rings (SSSR count). The molecule has 1 aromatic rings. The smallest absolute Gasteiger partial charge is 0.341 e. The minimum Gasteiger partial charge on any atom is -0.465 e. The third-order valence-electron chi connectivity index (χ3n) is 3.64. The summed E-state index contributed by atoms with van der Waals surface area (Å²) in [7, 11) is 3.40. The fourth-order valence-electron chi connectivity index (χ4n) is 2.63. The van der Waals surface area contributed by atoms with Crippen LogP contribution in [0.4, 0.5) is 0 Å². The normalized spacial score (nSPS) is 22.4. The lowest BCUT2D eigenvalue weighted by Crippen LogP contribution is -2.28. The van der Waals surface area contributed by atoms with Gasteiger partial charge in [-0.15, -0.1) is 0 Å². The van der Waals surface area contributed by atoms with Crippen LogP contribution in [0.2, 0.25) is 0 Å². The van der Waals surface area contributed by atoms with Gasteiger partial charge in [0.25, 0.3) is 0 Å². The summed E-state index contributed by atoms with van der Waals surface area (Å²) in [5.41, 5.74) is 0.502. The number of furan rings is 1. The van der Waals surface area contributed by atoms with E-state index in [9.17, 15) is 4.79 Å². The maximum atomic E-state index is 11.5. The van der Waals surface area contributed by atoms with E-state index in [1.54, 1.807) is 13.0 Å². The number of hydrogen-bond donors (Lipinski definition) is 0. The second kappa shape index (κ2) is 6.41. The van der Waals surface area contributed by atoms with E-state index in [0.717, 1.165) is 25.1 Å². The molecule has 112 valence electrons. The Bertz CT molecular complexity index is 468. The highest BCUT2D eigenvalue weighted by Gasteiger charge is 2.23. The predicted octanol–water partition coefficient (Wildman–Crippen LogP) is 2.37. The number of ether oxygens (including phenoxy) is 2. The van der Waals surface area contributed by atoms with Crippen LogP contribution >= 0.6 is 0 Å². The molecule has 0 bridgehead atoms. The fourth-order valence-corrected chi connectivity index (χ4v) is 2.63. The Morgan fingerprint density at radius 1 is 1.50 bits per heavy atom. The predicted molar refractivity (Wildman–Crippen MR) is 74.7 cm³/mol. The lowest BCUT2D eigenvalue weighted by atomic mass is 10.2. The number of hydrogen-bond acceptors (Lipinski definition) is 5. The third kappa shape index (κ3) is 3.61. The van der Waals surface area contributed by atoms with Crippen molar-refractivity contribution < 1.29 is 18.7 Å². The number of likely N-dealkylation sites (N-methyl/N-ethyl adjacent to an activating group) is 1. The van der Waals surface area contributed by atoms with Crippen molar-refractivity contribution in [2.45, 2.75) is 45.4 Å². The first-order valence-electron chi connectivity index (χ1n) is 7.01. The molecule has 0 amide bonds. The van der Waals surface area contributed by atoms with E-state index in [1.165, 1.54) is 7.11 Å². The SMILES string of the molecule is COC(=O)c1cc(CN(C)C[C@@H]2CC[C@@H](C)O2)oc1C. The Labute approximate surface area is 119 Å². The van der Waals surface area contributed by atoms with E-state index in [-0.39, 0.29) is 5.97 Å². The first-order chi connectivity index (χ1) is 9.49. The summed E-state index contributed by atoms with van der Waals surface area (Å²) in [6.45, 7) is 5.42. The number of carbonyl (C=O) groups is 1. The summed E-state index contributed by atoms with van der Waals surface area (Å²) >= 11 is 0. The molecule has 0 spiro atoms. The van der Waals surface area contributed by atoms with Gasteiger partial charge in [-0.3, -0.25) is 4.90 Å². The topological polar surface area (TPSA) is 51.9 Å². The fraction of sp³-hybridized carbons (Fsp3) is 0.667. The standard InChI is InChI=1S/C15H23NO4/c1-10-5-6-12(19-10)8-16(3)9-13-7-14(11(2)20-13)15(17)18-4/h7,10,12H,5-6,8-9H2,1-4H3/t10-,12+/m1/s1. The summed E-state index contributed by atoms with van der Waals surface area (Å²) in [6.07, 6.45) is 2.90. The molecule has 0 saturated carbocycles. The molecule has 0 aliphatic carbocycles. The molecule has 0 radical (unpaired) electrons. The number of methoxy groups -OCH3 is 1. The molecular weight excluding hydrogens is 258 g/mol. The first kappa shape index (κ1) is 15.1. The van der Waals surface area contributed by atoms with Crippen LogP contribution in [0.3, 0.4) is 0 Å². The molecule has 20 heavy (non-hydrogen) atoms. The van der Waals surface area contributed by atoms with Gasteiger partial charge in [0.1, 0.15) is 17.1 Å². The van der Waals surface area contributed by atoms with Crippen molar-refractivity contribution in [3.8, 4) is 0 Å². The van der Waals surface area contributed by atoms with Crippen LogP contribution in [0, 0.1) is 6.92 Å². The quantitative estimate of drug-likeness (QED) is 0.776. The Morgan fingerprint density at radius 3 is 2.85 bits per heavy atom. The van der Waals surface area contributed by atoms with E-state index in [2.05, 4.69) is 11.8 Å². The summed E-state index contributed by atoms with van der Waals surface area (Å²) in [4.78, 5) is 13.7. The van der Waals surface area contributed by atoms with E-state index in [1.807, 2.05) is 7.05 Å². The molecule has 5 nitrogen and oxygen atoms in total. The zero-order valence-electron chi connectivity index (χ0n) is 12.6.